The van der Waals surface area contributed by atoms with Gasteiger partial charge in [-0.25, -0.2) is 9.97 Å². The Morgan fingerprint density at radius 1 is 1.25 bits per heavy atom. The summed E-state index contributed by atoms with van der Waals surface area (Å²) in [7, 11) is 1.62. The number of likely N-dealkylation sites (tertiary alicyclic amines) is 1. The predicted molar refractivity (Wildman–Crippen MR) is 94.0 cm³/mol. The lowest BCUT2D eigenvalue weighted by Crippen LogP contribution is -2.42. The van der Waals surface area contributed by atoms with E-state index in [0.717, 1.165) is 48.5 Å². The molecular formula is C18H24N4O2. The van der Waals surface area contributed by atoms with Crippen LogP contribution in [0.15, 0.2) is 24.3 Å². The number of nitrogens with one attached hydrogen (secondary N) is 1. The van der Waals surface area contributed by atoms with E-state index >= 15 is 0 Å². The minimum Gasteiger partial charge on any atom is -0.384 e. The molecular weight excluding hydrogens is 304 g/mol. The first-order chi connectivity index (χ1) is 11.7. The number of aryl methyl sites for hydroxylation is 1. The number of aromatic nitrogens is 2. The van der Waals surface area contributed by atoms with Gasteiger partial charge in [-0.2, -0.15) is 0 Å². The molecule has 1 amide bonds. The van der Waals surface area contributed by atoms with Gasteiger partial charge < -0.3 is 15.0 Å². The van der Waals surface area contributed by atoms with E-state index < -0.39 is 0 Å². The molecule has 0 saturated carbocycles. The molecule has 0 bridgehead atoms. The topological polar surface area (TPSA) is 67.3 Å². The molecule has 1 aliphatic rings. The molecule has 1 N–H and O–H groups in total. The van der Waals surface area contributed by atoms with Crippen LogP contribution in [-0.4, -0.2) is 53.6 Å². The molecule has 0 radical (unpaired) electrons. The van der Waals surface area contributed by atoms with Gasteiger partial charge in [0.1, 0.15) is 5.82 Å². The highest BCUT2D eigenvalue weighted by molar-refractivity contribution is 5.77. The highest BCUT2D eigenvalue weighted by atomic mass is 16.5. The average molecular weight is 328 g/mol. The molecule has 0 spiro atoms. The zero-order valence-electron chi connectivity index (χ0n) is 14.3. The predicted octanol–water partition coefficient (Wildman–Crippen LogP) is 2.38. The van der Waals surface area contributed by atoms with Crippen LogP contribution >= 0.6 is 0 Å². The Hall–Kier alpha value is -2.21. The summed E-state index contributed by atoms with van der Waals surface area (Å²) in [5.41, 5.74) is 2.73. The summed E-state index contributed by atoms with van der Waals surface area (Å²) in [4.78, 5) is 23.3. The summed E-state index contributed by atoms with van der Waals surface area (Å²) >= 11 is 0. The number of piperidine rings is 1. The molecule has 1 aliphatic heterocycles. The summed E-state index contributed by atoms with van der Waals surface area (Å²) in [6, 6.07) is 8.22. The van der Waals surface area contributed by atoms with Crippen molar-refractivity contribution in [1.82, 2.24) is 14.9 Å². The number of hydrogen-bond acceptors (Lipinski definition) is 5. The number of nitrogens with zero attached hydrogens (tertiary/aromatic N) is 3. The van der Waals surface area contributed by atoms with E-state index in [4.69, 9.17) is 9.72 Å². The minimum atomic E-state index is 0.178. The zero-order valence-corrected chi connectivity index (χ0v) is 14.3. The van der Waals surface area contributed by atoms with Gasteiger partial charge >= 0.3 is 0 Å². The van der Waals surface area contributed by atoms with Gasteiger partial charge in [-0.15, -0.1) is 0 Å². The standard InChI is InChI=1S/C18H24N4O2/c1-13-18(21-16-6-4-3-5-15(16)19-13)20-14-7-10-22(11-8-14)17(23)9-12-24-2/h3-6,14H,7-12H2,1-2H3,(H,20,21). The smallest absolute Gasteiger partial charge is 0.224 e. The number of amides is 1. The van der Waals surface area contributed by atoms with Crippen LogP contribution in [0.25, 0.3) is 11.0 Å². The molecule has 3 rings (SSSR count). The van der Waals surface area contributed by atoms with Crippen molar-refractivity contribution in [3.8, 4) is 0 Å². The van der Waals surface area contributed by atoms with Crippen LogP contribution in [0.4, 0.5) is 5.82 Å². The molecule has 1 aromatic heterocycles. The van der Waals surface area contributed by atoms with E-state index in [1.807, 2.05) is 36.1 Å². The van der Waals surface area contributed by atoms with Gasteiger partial charge in [0.15, 0.2) is 0 Å². The summed E-state index contributed by atoms with van der Waals surface area (Å²) in [5, 5.41) is 3.51. The lowest BCUT2D eigenvalue weighted by atomic mass is 10.0. The van der Waals surface area contributed by atoms with Gasteiger partial charge in [0.05, 0.1) is 29.8 Å². The number of ether oxygens (including phenoxy) is 1. The lowest BCUT2D eigenvalue weighted by molar-refractivity contribution is -0.133. The van der Waals surface area contributed by atoms with Crippen molar-refractivity contribution in [2.24, 2.45) is 0 Å². The first kappa shape index (κ1) is 16.6. The van der Waals surface area contributed by atoms with Crippen LogP contribution < -0.4 is 5.32 Å². The number of anilines is 1. The maximum atomic E-state index is 12.0. The van der Waals surface area contributed by atoms with Gasteiger partial charge in [0.25, 0.3) is 0 Å². The fourth-order valence-electron chi connectivity index (χ4n) is 3.04. The second kappa shape index (κ2) is 7.57. The van der Waals surface area contributed by atoms with Crippen LogP contribution in [-0.2, 0) is 9.53 Å². The highest BCUT2D eigenvalue weighted by Gasteiger charge is 2.23. The number of hydrogen-bond donors (Lipinski definition) is 1. The van der Waals surface area contributed by atoms with Crippen LogP contribution in [0, 0.1) is 6.92 Å². The Morgan fingerprint density at radius 2 is 1.92 bits per heavy atom. The van der Waals surface area contributed by atoms with Crippen molar-refractivity contribution in [2.75, 3.05) is 32.1 Å². The number of para-hydroxylation sites is 2. The SMILES string of the molecule is COCCC(=O)N1CCC(Nc2nc3ccccc3nc2C)CC1. The Labute approximate surface area is 142 Å². The largest absolute Gasteiger partial charge is 0.384 e. The Kier molecular flexibility index (Phi) is 5.25. The molecule has 128 valence electrons. The quantitative estimate of drug-likeness (QED) is 0.913. The molecule has 6 heteroatoms. The van der Waals surface area contributed by atoms with E-state index in [9.17, 15) is 4.79 Å². The molecule has 0 atom stereocenters. The second-order valence-corrected chi connectivity index (χ2v) is 6.19. The Bertz CT molecular complexity index is 711. The van der Waals surface area contributed by atoms with Gasteiger partial charge in [0, 0.05) is 26.2 Å². The summed E-state index contributed by atoms with van der Waals surface area (Å²) in [6.07, 6.45) is 2.31. The molecule has 0 aliphatic carbocycles. The van der Waals surface area contributed by atoms with E-state index in [1.54, 1.807) is 7.11 Å². The third-order valence-electron chi connectivity index (χ3n) is 4.45. The number of benzene rings is 1. The van der Waals surface area contributed by atoms with Crippen molar-refractivity contribution in [1.29, 1.82) is 0 Å². The minimum absolute atomic E-state index is 0.178. The fraction of sp³-hybridized carbons (Fsp3) is 0.500. The first-order valence-corrected chi connectivity index (χ1v) is 8.44. The van der Waals surface area contributed by atoms with Gasteiger partial charge in [-0.3, -0.25) is 4.79 Å². The van der Waals surface area contributed by atoms with Gasteiger partial charge in [0.2, 0.25) is 5.91 Å². The van der Waals surface area contributed by atoms with Crippen LogP contribution in [0.1, 0.15) is 25.0 Å². The molecule has 1 saturated heterocycles. The number of fused-ring (bicyclic) bond motifs is 1. The number of carbonyl (C=O) groups is 1. The summed E-state index contributed by atoms with van der Waals surface area (Å²) < 4.78 is 4.98. The molecule has 6 nitrogen and oxygen atoms in total. The Morgan fingerprint density at radius 3 is 2.58 bits per heavy atom. The number of methoxy groups -OCH3 is 1. The maximum Gasteiger partial charge on any atom is 0.224 e. The normalized spacial score (nSPS) is 15.7. The number of rotatable bonds is 5. The highest BCUT2D eigenvalue weighted by Crippen LogP contribution is 2.20. The van der Waals surface area contributed by atoms with E-state index in [2.05, 4.69) is 10.3 Å². The molecule has 2 aromatic rings. The molecule has 1 fully saturated rings. The molecule has 0 unspecified atom stereocenters. The van der Waals surface area contributed by atoms with Crippen molar-refractivity contribution >= 4 is 22.8 Å². The third-order valence-corrected chi connectivity index (χ3v) is 4.45. The average Bonchev–Trinajstić information content (AvgIpc) is 2.61. The van der Waals surface area contributed by atoms with E-state index in [1.165, 1.54) is 0 Å². The van der Waals surface area contributed by atoms with Crippen molar-refractivity contribution in [3.63, 3.8) is 0 Å². The van der Waals surface area contributed by atoms with Crippen LogP contribution in [0.2, 0.25) is 0 Å². The number of carbonyl (C=O) groups excluding carboxylic acids is 1. The molecule has 1 aromatic carbocycles. The monoisotopic (exact) mass is 328 g/mol. The summed E-state index contributed by atoms with van der Waals surface area (Å²) in [6.45, 7) is 4.02. The second-order valence-electron chi connectivity index (χ2n) is 6.19. The van der Waals surface area contributed by atoms with Crippen molar-refractivity contribution in [3.05, 3.63) is 30.0 Å². The fourth-order valence-corrected chi connectivity index (χ4v) is 3.04. The summed E-state index contributed by atoms with van der Waals surface area (Å²) in [5.74, 6) is 1.02. The van der Waals surface area contributed by atoms with Gasteiger partial charge in [-0.05, 0) is 31.9 Å². The molecule has 24 heavy (non-hydrogen) atoms. The van der Waals surface area contributed by atoms with E-state index in [0.29, 0.717) is 19.1 Å². The van der Waals surface area contributed by atoms with Crippen molar-refractivity contribution in [2.45, 2.75) is 32.2 Å². The molecule has 2 heterocycles. The zero-order chi connectivity index (χ0) is 16.9. The Balaban J connectivity index is 1.60. The first-order valence-electron chi connectivity index (χ1n) is 8.44. The van der Waals surface area contributed by atoms with Crippen LogP contribution in [0.3, 0.4) is 0 Å². The van der Waals surface area contributed by atoms with Gasteiger partial charge in [-0.1, -0.05) is 12.1 Å². The maximum absolute atomic E-state index is 12.0. The van der Waals surface area contributed by atoms with Crippen molar-refractivity contribution < 1.29 is 9.53 Å². The van der Waals surface area contributed by atoms with Crippen LogP contribution in [0.5, 0.6) is 0 Å². The lowest BCUT2D eigenvalue weighted by Gasteiger charge is -2.33. The van der Waals surface area contributed by atoms with E-state index in [-0.39, 0.29) is 5.91 Å². The third kappa shape index (κ3) is 3.82.